The minimum absolute atomic E-state index is 0.0488. The minimum atomic E-state index is 0.0488. The number of nitrogens with one attached hydrogen (secondary N) is 2. The third-order valence-corrected chi connectivity index (χ3v) is 3.38. The van der Waals surface area contributed by atoms with Crippen LogP contribution in [0.25, 0.3) is 0 Å². The van der Waals surface area contributed by atoms with E-state index in [0.717, 1.165) is 13.1 Å². The molecule has 2 heterocycles. The second kappa shape index (κ2) is 7.02. The molecule has 9 nitrogen and oxygen atoms in total. The Morgan fingerprint density at radius 2 is 2.05 bits per heavy atom. The zero-order chi connectivity index (χ0) is 15.2. The Labute approximate surface area is 123 Å². The van der Waals surface area contributed by atoms with Crippen molar-refractivity contribution in [2.75, 3.05) is 47.9 Å². The molecule has 2 rings (SSSR count). The summed E-state index contributed by atoms with van der Waals surface area (Å²) in [4.78, 5) is 28.5. The lowest BCUT2D eigenvalue weighted by molar-refractivity contribution is -0.120. The van der Waals surface area contributed by atoms with Gasteiger partial charge in [-0.15, -0.1) is 0 Å². The van der Waals surface area contributed by atoms with Crippen LogP contribution < -0.4 is 26.4 Å². The van der Waals surface area contributed by atoms with Crippen LogP contribution in [-0.2, 0) is 4.79 Å². The van der Waals surface area contributed by atoms with Crippen LogP contribution >= 0.6 is 0 Å². The molecule has 0 radical (unpaired) electrons. The molecule has 116 valence electrons. The number of nitrogens with zero attached hydrogens (tertiary/aromatic N) is 5. The van der Waals surface area contributed by atoms with Gasteiger partial charge in [0.05, 0.1) is 0 Å². The normalized spacial score (nSPS) is 15.4. The summed E-state index contributed by atoms with van der Waals surface area (Å²) in [5, 5.41) is 2.83. The van der Waals surface area contributed by atoms with Crippen LogP contribution in [0.15, 0.2) is 0 Å². The molecule has 0 unspecified atom stereocenters. The van der Waals surface area contributed by atoms with Crippen molar-refractivity contribution in [3.05, 3.63) is 0 Å². The summed E-state index contributed by atoms with van der Waals surface area (Å²) < 4.78 is 0. The van der Waals surface area contributed by atoms with Crippen LogP contribution in [-0.4, -0.2) is 53.6 Å². The Kier molecular flexibility index (Phi) is 5.09. The van der Waals surface area contributed by atoms with Crippen molar-refractivity contribution in [3.63, 3.8) is 0 Å². The standard InChI is InChI=1S/C12H22N8O/c1-3-19(4-2)11-15-10(18-13)16-12(17-11)20-7-5-9(21)14-6-8-20/h3-8,13H2,1-2H3,(H,14,21)(H,15,16,17,18). The predicted molar refractivity (Wildman–Crippen MR) is 81.0 cm³/mol. The molecule has 0 spiro atoms. The number of hydrazine groups is 1. The zero-order valence-electron chi connectivity index (χ0n) is 12.5. The van der Waals surface area contributed by atoms with Crippen molar-refractivity contribution in [1.82, 2.24) is 20.3 Å². The highest BCUT2D eigenvalue weighted by Crippen LogP contribution is 2.16. The molecule has 1 aromatic heterocycles. The molecule has 0 atom stereocenters. The molecule has 1 aromatic rings. The summed E-state index contributed by atoms with van der Waals surface area (Å²) in [5.41, 5.74) is 2.48. The molecule has 4 N–H and O–H groups in total. The van der Waals surface area contributed by atoms with Crippen LogP contribution in [0.4, 0.5) is 17.8 Å². The molecule has 0 bridgehead atoms. The first kappa shape index (κ1) is 15.2. The van der Waals surface area contributed by atoms with Gasteiger partial charge in [-0.05, 0) is 13.8 Å². The van der Waals surface area contributed by atoms with E-state index in [4.69, 9.17) is 5.84 Å². The van der Waals surface area contributed by atoms with Crippen LogP contribution in [0.5, 0.6) is 0 Å². The molecule has 1 saturated heterocycles. The summed E-state index contributed by atoms with van der Waals surface area (Å²) in [6, 6.07) is 0. The van der Waals surface area contributed by atoms with E-state index in [1.807, 2.05) is 23.6 Å². The van der Waals surface area contributed by atoms with Gasteiger partial charge >= 0.3 is 0 Å². The number of aromatic nitrogens is 3. The van der Waals surface area contributed by atoms with Crippen molar-refractivity contribution in [2.45, 2.75) is 20.3 Å². The maximum atomic E-state index is 11.4. The Balaban J connectivity index is 2.29. The topological polar surface area (TPSA) is 112 Å². The first-order chi connectivity index (χ1) is 10.2. The predicted octanol–water partition coefficient (Wildman–Crippen LogP) is -0.670. The van der Waals surface area contributed by atoms with Gasteiger partial charge in [0.25, 0.3) is 0 Å². The van der Waals surface area contributed by atoms with E-state index in [9.17, 15) is 4.79 Å². The monoisotopic (exact) mass is 294 g/mol. The van der Waals surface area contributed by atoms with Crippen molar-refractivity contribution in [3.8, 4) is 0 Å². The number of rotatable bonds is 5. The minimum Gasteiger partial charge on any atom is -0.354 e. The van der Waals surface area contributed by atoms with Gasteiger partial charge in [0.2, 0.25) is 23.8 Å². The number of nitrogen functional groups attached to an aromatic ring is 1. The number of hydrogen-bond donors (Lipinski definition) is 3. The number of carbonyl (C=O) groups excluding carboxylic acids is 1. The summed E-state index contributed by atoms with van der Waals surface area (Å²) in [6.45, 7) is 7.49. The molecule has 9 heteroatoms. The van der Waals surface area contributed by atoms with Gasteiger partial charge in [-0.3, -0.25) is 10.2 Å². The summed E-state index contributed by atoms with van der Waals surface area (Å²) in [5.74, 6) is 6.94. The highest BCUT2D eigenvalue weighted by atomic mass is 16.1. The molecule has 21 heavy (non-hydrogen) atoms. The van der Waals surface area contributed by atoms with E-state index in [2.05, 4.69) is 25.7 Å². The lowest BCUT2D eigenvalue weighted by Gasteiger charge is -2.23. The van der Waals surface area contributed by atoms with Gasteiger partial charge in [-0.25, -0.2) is 5.84 Å². The fraction of sp³-hybridized carbons (Fsp3) is 0.667. The number of carbonyl (C=O) groups is 1. The largest absolute Gasteiger partial charge is 0.354 e. The van der Waals surface area contributed by atoms with Crippen molar-refractivity contribution < 1.29 is 4.79 Å². The van der Waals surface area contributed by atoms with Crippen LogP contribution in [0, 0.1) is 0 Å². The fourth-order valence-corrected chi connectivity index (χ4v) is 2.17. The number of hydrogen-bond acceptors (Lipinski definition) is 8. The molecule has 1 amide bonds. The summed E-state index contributed by atoms with van der Waals surface area (Å²) in [7, 11) is 0. The first-order valence-electron chi connectivity index (χ1n) is 7.17. The Bertz CT molecular complexity index is 490. The molecule has 0 aromatic carbocycles. The zero-order valence-corrected chi connectivity index (χ0v) is 12.5. The van der Waals surface area contributed by atoms with E-state index in [-0.39, 0.29) is 5.91 Å². The Morgan fingerprint density at radius 3 is 2.71 bits per heavy atom. The average molecular weight is 294 g/mol. The number of amides is 1. The van der Waals surface area contributed by atoms with Crippen LogP contribution in [0.2, 0.25) is 0 Å². The highest BCUT2D eigenvalue weighted by Gasteiger charge is 2.19. The average Bonchev–Trinajstić information content (AvgIpc) is 2.73. The third-order valence-electron chi connectivity index (χ3n) is 3.38. The Morgan fingerprint density at radius 1 is 1.29 bits per heavy atom. The molecular weight excluding hydrogens is 272 g/mol. The lowest BCUT2D eigenvalue weighted by atomic mass is 10.4. The fourth-order valence-electron chi connectivity index (χ4n) is 2.17. The van der Waals surface area contributed by atoms with Crippen molar-refractivity contribution >= 4 is 23.8 Å². The van der Waals surface area contributed by atoms with Crippen molar-refractivity contribution in [2.24, 2.45) is 5.84 Å². The van der Waals surface area contributed by atoms with E-state index in [1.54, 1.807) is 0 Å². The molecule has 1 aliphatic heterocycles. The quantitative estimate of drug-likeness (QED) is 0.484. The maximum absolute atomic E-state index is 11.4. The van der Waals surface area contributed by atoms with E-state index < -0.39 is 0 Å². The second-order valence-electron chi connectivity index (χ2n) is 4.66. The van der Waals surface area contributed by atoms with Gasteiger partial charge in [-0.2, -0.15) is 15.0 Å². The van der Waals surface area contributed by atoms with Gasteiger partial charge in [-0.1, -0.05) is 0 Å². The first-order valence-corrected chi connectivity index (χ1v) is 7.17. The smallest absolute Gasteiger partial charge is 0.243 e. The molecule has 0 saturated carbocycles. The molecule has 1 aliphatic rings. The maximum Gasteiger partial charge on any atom is 0.243 e. The second-order valence-corrected chi connectivity index (χ2v) is 4.66. The molecule has 0 aliphatic carbocycles. The lowest BCUT2D eigenvalue weighted by Crippen LogP contribution is -2.32. The summed E-state index contributed by atoms with van der Waals surface area (Å²) >= 11 is 0. The van der Waals surface area contributed by atoms with Gasteiger partial charge in [0, 0.05) is 39.1 Å². The number of nitrogens with two attached hydrogens (primary N) is 1. The van der Waals surface area contributed by atoms with Crippen LogP contribution in [0.3, 0.4) is 0 Å². The SMILES string of the molecule is CCN(CC)c1nc(NN)nc(N2CCNC(=O)CC2)n1. The van der Waals surface area contributed by atoms with E-state index in [1.165, 1.54) is 0 Å². The summed E-state index contributed by atoms with van der Waals surface area (Å²) in [6.07, 6.45) is 0.428. The Hall–Kier alpha value is -2.16. The molecular formula is C12H22N8O. The highest BCUT2D eigenvalue weighted by molar-refractivity contribution is 5.77. The molecule has 1 fully saturated rings. The van der Waals surface area contributed by atoms with Gasteiger partial charge in [0.15, 0.2) is 0 Å². The third kappa shape index (κ3) is 3.69. The van der Waals surface area contributed by atoms with Crippen molar-refractivity contribution in [1.29, 1.82) is 0 Å². The van der Waals surface area contributed by atoms with Gasteiger partial charge in [0.1, 0.15) is 0 Å². The van der Waals surface area contributed by atoms with E-state index in [0.29, 0.717) is 43.9 Å². The van der Waals surface area contributed by atoms with Gasteiger partial charge < -0.3 is 15.1 Å². The van der Waals surface area contributed by atoms with Crippen LogP contribution in [0.1, 0.15) is 20.3 Å². The van der Waals surface area contributed by atoms with E-state index >= 15 is 0 Å². The number of anilines is 3.